The number of ether oxygens (including phenoxy) is 2. The molecule has 0 unspecified atom stereocenters. The van der Waals surface area contributed by atoms with E-state index < -0.39 is 6.23 Å². The number of para-hydroxylation sites is 1. The number of benzene rings is 2. The largest absolute Gasteiger partial charge is 0.495 e. The number of methoxy groups -OCH3 is 1. The molecule has 2 heterocycles. The standard InChI is InChI=1S/C23H20Cl2N4O3S/c1-4-10-33-23-26-21-19(27-28-23)14-8-6-7-9-17(14)29(18(30)5-2)22(32-21)15-11-13(24)12-16(25)20(15)31-3/h4,6-9,11-12,22H,1,5,10H2,2-3H3/t22-/m1/s1. The van der Waals surface area contributed by atoms with E-state index in [2.05, 4.69) is 21.8 Å². The number of hydrogen-bond acceptors (Lipinski definition) is 7. The van der Waals surface area contributed by atoms with Crippen LogP contribution in [0, 0.1) is 0 Å². The number of rotatable bonds is 6. The van der Waals surface area contributed by atoms with Crippen LogP contribution in [-0.2, 0) is 4.79 Å². The van der Waals surface area contributed by atoms with Gasteiger partial charge in [0.1, 0.15) is 5.75 Å². The molecule has 1 amide bonds. The number of halogens is 2. The van der Waals surface area contributed by atoms with Crippen LogP contribution in [0.4, 0.5) is 5.69 Å². The van der Waals surface area contributed by atoms with Crippen molar-refractivity contribution in [1.29, 1.82) is 0 Å². The number of nitrogens with zero attached hydrogens (tertiary/aromatic N) is 4. The van der Waals surface area contributed by atoms with Gasteiger partial charge in [0.25, 0.3) is 0 Å². The molecule has 1 aliphatic heterocycles. The monoisotopic (exact) mass is 502 g/mol. The second-order valence-electron chi connectivity index (χ2n) is 6.96. The van der Waals surface area contributed by atoms with Crippen LogP contribution in [0.25, 0.3) is 11.3 Å². The summed E-state index contributed by atoms with van der Waals surface area (Å²) >= 11 is 14.1. The molecule has 1 atom stereocenters. The Morgan fingerprint density at radius 1 is 1.30 bits per heavy atom. The summed E-state index contributed by atoms with van der Waals surface area (Å²) in [7, 11) is 1.50. The second kappa shape index (κ2) is 9.99. The lowest BCUT2D eigenvalue weighted by Crippen LogP contribution is -2.37. The van der Waals surface area contributed by atoms with Gasteiger partial charge in [-0.2, -0.15) is 4.98 Å². The molecule has 0 aliphatic carbocycles. The number of anilines is 1. The van der Waals surface area contributed by atoms with Gasteiger partial charge >= 0.3 is 0 Å². The Hall–Kier alpha value is -2.81. The van der Waals surface area contributed by atoms with Crippen molar-refractivity contribution in [3.63, 3.8) is 0 Å². The van der Waals surface area contributed by atoms with Crippen molar-refractivity contribution in [2.24, 2.45) is 0 Å². The number of thioether (sulfide) groups is 1. The quantitative estimate of drug-likeness (QED) is 0.303. The Kier molecular flexibility index (Phi) is 7.07. The second-order valence-corrected chi connectivity index (χ2v) is 8.79. The summed E-state index contributed by atoms with van der Waals surface area (Å²) in [6.07, 6.45) is 1.03. The van der Waals surface area contributed by atoms with E-state index in [1.165, 1.54) is 18.9 Å². The molecule has 0 fully saturated rings. The Bertz CT molecular complexity index is 1220. The molecule has 0 spiro atoms. The lowest BCUT2D eigenvalue weighted by atomic mass is 10.1. The number of fused-ring (bicyclic) bond motifs is 3. The first kappa shape index (κ1) is 23.4. The normalized spacial score (nSPS) is 14.5. The molecule has 1 aromatic heterocycles. The molecule has 10 heteroatoms. The maximum atomic E-state index is 13.3. The van der Waals surface area contributed by atoms with E-state index in [-0.39, 0.29) is 18.2 Å². The average molecular weight is 503 g/mol. The topological polar surface area (TPSA) is 77.4 Å². The minimum atomic E-state index is -0.958. The molecule has 7 nitrogen and oxygen atoms in total. The van der Waals surface area contributed by atoms with Gasteiger partial charge in [-0.05, 0) is 18.2 Å². The van der Waals surface area contributed by atoms with Crippen LogP contribution in [0.1, 0.15) is 25.1 Å². The maximum absolute atomic E-state index is 13.3. The van der Waals surface area contributed by atoms with E-state index in [0.29, 0.717) is 49.2 Å². The van der Waals surface area contributed by atoms with E-state index in [1.54, 1.807) is 30.0 Å². The van der Waals surface area contributed by atoms with E-state index in [0.717, 1.165) is 0 Å². The van der Waals surface area contributed by atoms with Crippen LogP contribution in [0.15, 0.2) is 54.2 Å². The minimum Gasteiger partial charge on any atom is -0.495 e. The predicted molar refractivity (Wildman–Crippen MR) is 130 cm³/mol. The number of carbonyl (C=O) groups excluding carboxylic acids is 1. The van der Waals surface area contributed by atoms with Gasteiger partial charge in [-0.25, -0.2) is 0 Å². The molecule has 0 bridgehead atoms. The van der Waals surface area contributed by atoms with Gasteiger partial charge in [0.05, 0.1) is 23.4 Å². The van der Waals surface area contributed by atoms with Crippen LogP contribution in [-0.4, -0.2) is 34.0 Å². The fraction of sp³-hybridized carbons (Fsp3) is 0.217. The SMILES string of the molecule is C=CCSc1nnc2c(n1)O[C@H](c1cc(Cl)cc(Cl)c1OC)N(C(=O)CC)c1ccccc1-2. The molecule has 33 heavy (non-hydrogen) atoms. The first-order valence-electron chi connectivity index (χ1n) is 10.1. The molecule has 0 saturated carbocycles. The summed E-state index contributed by atoms with van der Waals surface area (Å²) in [5.41, 5.74) is 2.19. The van der Waals surface area contributed by atoms with Gasteiger partial charge in [0.2, 0.25) is 23.2 Å². The van der Waals surface area contributed by atoms with E-state index in [9.17, 15) is 4.79 Å². The molecule has 3 aromatic rings. The number of amides is 1. The van der Waals surface area contributed by atoms with Crippen LogP contribution in [0.2, 0.25) is 10.0 Å². The number of carbonyl (C=O) groups is 1. The van der Waals surface area contributed by atoms with Gasteiger partial charge < -0.3 is 9.47 Å². The highest BCUT2D eigenvalue weighted by Crippen LogP contribution is 2.46. The predicted octanol–water partition coefficient (Wildman–Crippen LogP) is 5.97. The lowest BCUT2D eigenvalue weighted by Gasteiger charge is -2.31. The smallest absolute Gasteiger partial charge is 0.247 e. The molecule has 1 aliphatic rings. The summed E-state index contributed by atoms with van der Waals surface area (Å²) in [5.74, 6) is 1.02. The van der Waals surface area contributed by atoms with Crippen molar-refractivity contribution in [2.45, 2.75) is 24.7 Å². The van der Waals surface area contributed by atoms with Gasteiger partial charge in [-0.3, -0.25) is 9.69 Å². The van der Waals surface area contributed by atoms with Crippen molar-refractivity contribution >= 4 is 46.6 Å². The molecular weight excluding hydrogens is 483 g/mol. The zero-order valence-corrected chi connectivity index (χ0v) is 20.2. The van der Waals surface area contributed by atoms with E-state index >= 15 is 0 Å². The molecule has 0 radical (unpaired) electrons. The first-order valence-corrected chi connectivity index (χ1v) is 11.8. The van der Waals surface area contributed by atoms with Gasteiger partial charge in [0, 0.05) is 22.8 Å². The third-order valence-corrected chi connectivity index (χ3v) is 6.25. The fourth-order valence-electron chi connectivity index (χ4n) is 3.53. The van der Waals surface area contributed by atoms with Crippen molar-refractivity contribution in [1.82, 2.24) is 15.2 Å². The van der Waals surface area contributed by atoms with E-state index in [4.69, 9.17) is 32.7 Å². The first-order chi connectivity index (χ1) is 16.0. The molecule has 2 aromatic carbocycles. The molecule has 0 N–H and O–H groups in total. The van der Waals surface area contributed by atoms with Crippen LogP contribution < -0.4 is 14.4 Å². The molecular formula is C23H20Cl2N4O3S. The summed E-state index contributed by atoms with van der Waals surface area (Å²) in [5, 5.41) is 9.71. The highest BCUT2D eigenvalue weighted by atomic mass is 35.5. The molecule has 170 valence electrons. The highest BCUT2D eigenvalue weighted by molar-refractivity contribution is 7.99. The van der Waals surface area contributed by atoms with Gasteiger partial charge in [-0.15, -0.1) is 16.8 Å². The molecule has 4 rings (SSSR count). The Morgan fingerprint density at radius 3 is 2.82 bits per heavy atom. The van der Waals surface area contributed by atoms with Crippen LogP contribution in [0.3, 0.4) is 0 Å². The minimum absolute atomic E-state index is 0.173. The number of aromatic nitrogens is 3. The fourth-order valence-corrected chi connectivity index (χ4v) is 4.63. The third kappa shape index (κ3) is 4.51. The Labute approximate surface area is 205 Å². The summed E-state index contributed by atoms with van der Waals surface area (Å²) in [6.45, 7) is 5.50. The summed E-state index contributed by atoms with van der Waals surface area (Å²) in [6, 6.07) is 10.6. The summed E-state index contributed by atoms with van der Waals surface area (Å²) in [4.78, 5) is 19.4. The average Bonchev–Trinajstić information content (AvgIpc) is 2.96. The number of hydrogen-bond donors (Lipinski definition) is 0. The van der Waals surface area contributed by atoms with Crippen LogP contribution in [0.5, 0.6) is 11.6 Å². The van der Waals surface area contributed by atoms with E-state index in [1.807, 2.05) is 24.3 Å². The highest BCUT2D eigenvalue weighted by Gasteiger charge is 2.37. The Morgan fingerprint density at radius 2 is 2.09 bits per heavy atom. The Balaban J connectivity index is 1.99. The summed E-state index contributed by atoms with van der Waals surface area (Å²) < 4.78 is 12.0. The van der Waals surface area contributed by atoms with Crippen molar-refractivity contribution < 1.29 is 14.3 Å². The van der Waals surface area contributed by atoms with Crippen molar-refractivity contribution in [3.8, 4) is 22.9 Å². The van der Waals surface area contributed by atoms with Gasteiger partial charge in [0.15, 0.2) is 5.69 Å². The zero-order valence-electron chi connectivity index (χ0n) is 17.9. The third-order valence-electron chi connectivity index (χ3n) is 4.92. The lowest BCUT2D eigenvalue weighted by molar-refractivity contribution is -0.120. The van der Waals surface area contributed by atoms with Crippen molar-refractivity contribution in [2.75, 3.05) is 17.8 Å². The molecule has 0 saturated heterocycles. The van der Waals surface area contributed by atoms with Crippen molar-refractivity contribution in [3.05, 3.63) is 64.7 Å². The van der Waals surface area contributed by atoms with Crippen LogP contribution >= 0.6 is 35.0 Å². The zero-order chi connectivity index (χ0) is 23.5. The van der Waals surface area contributed by atoms with Gasteiger partial charge in [-0.1, -0.05) is 66.2 Å². The maximum Gasteiger partial charge on any atom is 0.247 e.